The van der Waals surface area contributed by atoms with E-state index in [0.29, 0.717) is 6.04 Å². The molecule has 0 saturated heterocycles. The number of rotatable bonds is 5. The van der Waals surface area contributed by atoms with Gasteiger partial charge in [0.15, 0.2) is 0 Å². The minimum Gasteiger partial charge on any atom is -0.497 e. The van der Waals surface area contributed by atoms with Crippen LogP contribution in [0.3, 0.4) is 0 Å². The second-order valence-corrected chi connectivity index (χ2v) is 5.74. The van der Waals surface area contributed by atoms with Crippen LogP contribution in [-0.4, -0.2) is 23.4 Å². The van der Waals surface area contributed by atoms with Gasteiger partial charge in [0.05, 0.1) is 19.9 Å². The smallest absolute Gasteiger partial charge is 0.119 e. The largest absolute Gasteiger partial charge is 0.497 e. The Balaban J connectivity index is 1.64. The van der Waals surface area contributed by atoms with Crippen molar-refractivity contribution >= 4 is 0 Å². The first-order chi connectivity index (χ1) is 10.3. The number of aromatic nitrogens is 2. The summed E-state index contributed by atoms with van der Waals surface area (Å²) in [4.78, 5) is 0. The Morgan fingerprint density at radius 1 is 1.43 bits per heavy atom. The summed E-state index contributed by atoms with van der Waals surface area (Å²) in [7, 11) is 1.73. The van der Waals surface area contributed by atoms with E-state index < -0.39 is 0 Å². The molecule has 0 saturated carbocycles. The van der Waals surface area contributed by atoms with Gasteiger partial charge in [0, 0.05) is 18.8 Å². The Hall–Kier alpha value is -1.81. The first kappa shape index (κ1) is 14.1. The van der Waals surface area contributed by atoms with Crippen LogP contribution in [0.4, 0.5) is 0 Å². The highest BCUT2D eigenvalue weighted by Crippen LogP contribution is 2.32. The zero-order valence-electron chi connectivity index (χ0n) is 12.8. The normalized spacial score (nSPS) is 17.5. The van der Waals surface area contributed by atoms with E-state index in [0.717, 1.165) is 18.8 Å². The van der Waals surface area contributed by atoms with Crippen molar-refractivity contribution in [3.63, 3.8) is 0 Å². The Morgan fingerprint density at radius 3 is 3.10 bits per heavy atom. The van der Waals surface area contributed by atoms with Crippen molar-refractivity contribution in [1.82, 2.24) is 15.1 Å². The van der Waals surface area contributed by atoms with Crippen LogP contribution in [0.15, 0.2) is 30.6 Å². The van der Waals surface area contributed by atoms with Gasteiger partial charge in [0.1, 0.15) is 5.75 Å². The zero-order chi connectivity index (χ0) is 14.7. The number of nitrogens with one attached hydrogen (secondary N) is 1. The molecule has 3 rings (SSSR count). The molecule has 0 radical (unpaired) electrons. The van der Waals surface area contributed by atoms with Gasteiger partial charge in [-0.1, -0.05) is 6.07 Å². The number of hydrogen-bond donors (Lipinski definition) is 1. The molecule has 21 heavy (non-hydrogen) atoms. The minimum absolute atomic E-state index is 0.431. The Bertz CT molecular complexity index is 606. The third kappa shape index (κ3) is 3.27. The number of benzene rings is 1. The van der Waals surface area contributed by atoms with E-state index in [9.17, 15) is 0 Å². The molecule has 1 atom stereocenters. The molecule has 2 aromatic rings. The van der Waals surface area contributed by atoms with Crippen molar-refractivity contribution < 1.29 is 4.74 Å². The van der Waals surface area contributed by atoms with Crippen LogP contribution in [0, 0.1) is 6.92 Å². The first-order valence-corrected chi connectivity index (χ1v) is 7.65. The van der Waals surface area contributed by atoms with Crippen LogP contribution in [0.5, 0.6) is 5.75 Å². The zero-order valence-corrected chi connectivity index (χ0v) is 12.8. The fourth-order valence-corrected chi connectivity index (χ4v) is 3.06. The van der Waals surface area contributed by atoms with E-state index in [1.54, 1.807) is 7.11 Å². The number of fused-ring (bicyclic) bond motifs is 1. The maximum Gasteiger partial charge on any atom is 0.119 e. The molecule has 4 heteroatoms. The van der Waals surface area contributed by atoms with Crippen LogP contribution >= 0.6 is 0 Å². The Kier molecular flexibility index (Phi) is 4.25. The minimum atomic E-state index is 0.431. The van der Waals surface area contributed by atoms with Crippen molar-refractivity contribution in [1.29, 1.82) is 0 Å². The Morgan fingerprint density at radius 2 is 2.33 bits per heavy atom. The second-order valence-electron chi connectivity index (χ2n) is 5.74. The molecule has 1 aromatic carbocycles. The third-order valence-corrected chi connectivity index (χ3v) is 4.16. The van der Waals surface area contributed by atoms with E-state index in [-0.39, 0.29) is 0 Å². The molecule has 1 N–H and O–H groups in total. The number of ether oxygens (including phenoxy) is 1. The SMILES string of the molecule is COc1ccc2c(c1)C(NCCn1cc(C)cn1)CCC2. The molecule has 1 aliphatic rings. The molecule has 1 aliphatic carbocycles. The number of methoxy groups -OCH3 is 1. The molecule has 0 fully saturated rings. The van der Waals surface area contributed by atoms with Crippen LogP contribution in [0.2, 0.25) is 0 Å². The number of nitrogens with zero attached hydrogens (tertiary/aromatic N) is 2. The number of aryl methyl sites for hydroxylation is 2. The maximum atomic E-state index is 5.36. The van der Waals surface area contributed by atoms with E-state index >= 15 is 0 Å². The van der Waals surface area contributed by atoms with Crippen molar-refractivity contribution in [2.24, 2.45) is 0 Å². The van der Waals surface area contributed by atoms with Gasteiger partial charge in [0.25, 0.3) is 0 Å². The number of hydrogen-bond acceptors (Lipinski definition) is 3. The third-order valence-electron chi connectivity index (χ3n) is 4.16. The summed E-state index contributed by atoms with van der Waals surface area (Å²) in [5.74, 6) is 0.949. The quantitative estimate of drug-likeness (QED) is 0.918. The highest BCUT2D eigenvalue weighted by Gasteiger charge is 2.20. The monoisotopic (exact) mass is 285 g/mol. The Labute approximate surface area is 126 Å². The fraction of sp³-hybridized carbons (Fsp3) is 0.471. The van der Waals surface area contributed by atoms with Crippen molar-refractivity contribution in [2.45, 2.75) is 38.8 Å². The van der Waals surface area contributed by atoms with Gasteiger partial charge >= 0.3 is 0 Å². The highest BCUT2D eigenvalue weighted by atomic mass is 16.5. The van der Waals surface area contributed by atoms with Gasteiger partial charge in [-0.25, -0.2) is 0 Å². The molecule has 1 heterocycles. The predicted molar refractivity (Wildman–Crippen MR) is 83.6 cm³/mol. The molecule has 1 aromatic heterocycles. The molecule has 112 valence electrons. The van der Waals surface area contributed by atoms with Gasteiger partial charge in [-0.15, -0.1) is 0 Å². The van der Waals surface area contributed by atoms with E-state index in [2.05, 4.69) is 41.7 Å². The molecule has 0 spiro atoms. The first-order valence-electron chi connectivity index (χ1n) is 7.65. The molecular formula is C17H23N3O. The summed E-state index contributed by atoms with van der Waals surface area (Å²) in [5, 5.41) is 8.00. The van der Waals surface area contributed by atoms with E-state index in [1.165, 1.54) is 36.0 Å². The highest BCUT2D eigenvalue weighted by molar-refractivity contribution is 5.39. The lowest BCUT2D eigenvalue weighted by molar-refractivity contribution is 0.406. The summed E-state index contributed by atoms with van der Waals surface area (Å²) in [6.07, 6.45) is 7.60. The lowest BCUT2D eigenvalue weighted by Crippen LogP contribution is -2.28. The summed E-state index contributed by atoms with van der Waals surface area (Å²) in [6.45, 7) is 3.91. The average molecular weight is 285 g/mol. The molecule has 0 aliphatic heterocycles. The van der Waals surface area contributed by atoms with Crippen LogP contribution in [0.1, 0.15) is 35.6 Å². The summed E-state index contributed by atoms with van der Waals surface area (Å²) < 4.78 is 7.36. The summed E-state index contributed by atoms with van der Waals surface area (Å²) >= 11 is 0. The molecular weight excluding hydrogens is 262 g/mol. The van der Waals surface area contributed by atoms with Gasteiger partial charge in [-0.2, -0.15) is 5.10 Å². The van der Waals surface area contributed by atoms with E-state index in [1.807, 2.05) is 10.9 Å². The topological polar surface area (TPSA) is 39.1 Å². The fourth-order valence-electron chi connectivity index (χ4n) is 3.06. The van der Waals surface area contributed by atoms with E-state index in [4.69, 9.17) is 4.74 Å². The average Bonchev–Trinajstić information content (AvgIpc) is 2.92. The van der Waals surface area contributed by atoms with Crippen molar-refractivity contribution in [3.05, 3.63) is 47.3 Å². The van der Waals surface area contributed by atoms with Crippen LogP contribution in [-0.2, 0) is 13.0 Å². The lowest BCUT2D eigenvalue weighted by Gasteiger charge is -2.27. The molecule has 1 unspecified atom stereocenters. The van der Waals surface area contributed by atoms with Gasteiger partial charge in [-0.3, -0.25) is 4.68 Å². The summed E-state index contributed by atoms with van der Waals surface area (Å²) in [6, 6.07) is 6.89. The van der Waals surface area contributed by atoms with Crippen molar-refractivity contribution in [3.8, 4) is 5.75 Å². The van der Waals surface area contributed by atoms with Crippen LogP contribution in [0.25, 0.3) is 0 Å². The lowest BCUT2D eigenvalue weighted by atomic mass is 9.87. The molecule has 0 bridgehead atoms. The van der Waals surface area contributed by atoms with Crippen LogP contribution < -0.4 is 10.1 Å². The van der Waals surface area contributed by atoms with Gasteiger partial charge < -0.3 is 10.1 Å². The summed E-state index contributed by atoms with van der Waals surface area (Å²) in [5.41, 5.74) is 4.06. The predicted octanol–water partition coefficient (Wildman–Crippen LogP) is 2.87. The van der Waals surface area contributed by atoms with Gasteiger partial charge in [-0.05, 0) is 55.0 Å². The maximum absolute atomic E-state index is 5.36. The molecule has 4 nitrogen and oxygen atoms in total. The molecule has 0 amide bonds. The van der Waals surface area contributed by atoms with Gasteiger partial charge in [0.2, 0.25) is 0 Å². The standard InChI is InChI=1S/C17H23N3O/c1-13-11-19-20(12-13)9-8-18-17-5-3-4-14-6-7-15(21-2)10-16(14)17/h6-7,10-12,17-18H,3-5,8-9H2,1-2H3. The van der Waals surface area contributed by atoms with Crippen molar-refractivity contribution in [2.75, 3.05) is 13.7 Å². The second kappa shape index (κ2) is 6.31.